The van der Waals surface area contributed by atoms with Crippen LogP contribution in [0.15, 0.2) is 54.7 Å². The number of benzene rings is 2. The second-order valence-corrected chi connectivity index (χ2v) is 8.06. The SMILES string of the molecule is Cc1cc(Nc2ccc(NS(C)(=O)=O)cc2)c2c(ccc3nccc32)[nH]1.Cl. The second-order valence-electron chi connectivity index (χ2n) is 6.31. The molecule has 0 unspecified atom stereocenters. The summed E-state index contributed by atoms with van der Waals surface area (Å²) in [4.78, 5) is 7.77. The summed E-state index contributed by atoms with van der Waals surface area (Å²) in [5.41, 5.74) is 5.39. The van der Waals surface area contributed by atoms with Crippen LogP contribution in [-0.4, -0.2) is 24.6 Å². The van der Waals surface area contributed by atoms with E-state index in [-0.39, 0.29) is 12.4 Å². The number of pyridine rings is 1. The van der Waals surface area contributed by atoms with Gasteiger partial charge in [-0.15, -0.1) is 12.4 Å². The molecule has 0 saturated heterocycles. The van der Waals surface area contributed by atoms with Crippen molar-refractivity contribution in [3.8, 4) is 0 Å². The quantitative estimate of drug-likeness (QED) is 0.467. The maximum absolute atomic E-state index is 11.3. The van der Waals surface area contributed by atoms with Crippen molar-refractivity contribution >= 4 is 61.3 Å². The molecule has 0 aliphatic heterocycles. The van der Waals surface area contributed by atoms with Gasteiger partial charge in [-0.05, 0) is 55.5 Å². The van der Waals surface area contributed by atoms with Gasteiger partial charge in [0.05, 0.1) is 17.5 Å². The largest absolute Gasteiger partial charge is 0.359 e. The molecular formula is C19H19ClN4O2S. The molecule has 2 aromatic carbocycles. The Morgan fingerprint density at radius 1 is 1.00 bits per heavy atom. The molecule has 0 radical (unpaired) electrons. The van der Waals surface area contributed by atoms with E-state index in [0.29, 0.717) is 5.69 Å². The van der Waals surface area contributed by atoms with Gasteiger partial charge in [-0.3, -0.25) is 9.71 Å². The zero-order valence-corrected chi connectivity index (χ0v) is 16.4. The van der Waals surface area contributed by atoms with Crippen molar-refractivity contribution in [3.05, 3.63) is 60.4 Å². The van der Waals surface area contributed by atoms with Crippen LogP contribution in [0.1, 0.15) is 5.69 Å². The summed E-state index contributed by atoms with van der Waals surface area (Å²) in [6.45, 7) is 2.01. The van der Waals surface area contributed by atoms with Gasteiger partial charge in [0.15, 0.2) is 0 Å². The highest BCUT2D eigenvalue weighted by molar-refractivity contribution is 7.92. The summed E-state index contributed by atoms with van der Waals surface area (Å²) < 4.78 is 25.1. The van der Waals surface area contributed by atoms with Crippen molar-refractivity contribution < 1.29 is 8.42 Å². The van der Waals surface area contributed by atoms with Gasteiger partial charge in [0.25, 0.3) is 0 Å². The summed E-state index contributed by atoms with van der Waals surface area (Å²) in [7, 11) is -3.28. The van der Waals surface area contributed by atoms with Gasteiger partial charge >= 0.3 is 0 Å². The normalized spacial score (nSPS) is 11.3. The monoisotopic (exact) mass is 402 g/mol. The van der Waals surface area contributed by atoms with Gasteiger partial charge in [-0.1, -0.05) is 0 Å². The third kappa shape index (κ3) is 3.99. The lowest BCUT2D eigenvalue weighted by molar-refractivity contribution is 0.607. The molecule has 0 aliphatic rings. The molecule has 4 rings (SSSR count). The molecule has 4 aromatic rings. The van der Waals surface area contributed by atoms with E-state index in [1.807, 2.05) is 37.3 Å². The number of fused-ring (bicyclic) bond motifs is 3. The third-order valence-electron chi connectivity index (χ3n) is 4.11. The van der Waals surface area contributed by atoms with E-state index in [1.54, 1.807) is 18.3 Å². The number of sulfonamides is 1. The van der Waals surface area contributed by atoms with Crippen LogP contribution >= 0.6 is 12.4 Å². The Labute approximate surface area is 163 Å². The molecule has 3 N–H and O–H groups in total. The number of anilines is 3. The summed E-state index contributed by atoms with van der Waals surface area (Å²) in [6, 6.07) is 15.2. The maximum atomic E-state index is 11.3. The van der Waals surface area contributed by atoms with Crippen molar-refractivity contribution in [1.82, 2.24) is 9.97 Å². The Hall–Kier alpha value is -2.77. The van der Waals surface area contributed by atoms with Crippen LogP contribution in [0.3, 0.4) is 0 Å². The molecule has 6 nitrogen and oxygen atoms in total. The smallest absolute Gasteiger partial charge is 0.229 e. The van der Waals surface area contributed by atoms with Gasteiger partial charge in [0.2, 0.25) is 10.0 Å². The van der Waals surface area contributed by atoms with Crippen molar-refractivity contribution in [1.29, 1.82) is 0 Å². The maximum Gasteiger partial charge on any atom is 0.229 e. The van der Waals surface area contributed by atoms with Gasteiger partial charge in [-0.25, -0.2) is 8.42 Å². The average molecular weight is 403 g/mol. The number of H-pyrrole nitrogens is 1. The van der Waals surface area contributed by atoms with Crippen LogP contribution in [0.5, 0.6) is 0 Å². The van der Waals surface area contributed by atoms with Crippen LogP contribution in [0, 0.1) is 6.92 Å². The van der Waals surface area contributed by atoms with E-state index in [9.17, 15) is 8.42 Å². The number of hydrogen-bond donors (Lipinski definition) is 3. The minimum atomic E-state index is -3.28. The molecule has 2 heterocycles. The van der Waals surface area contributed by atoms with E-state index in [4.69, 9.17) is 0 Å². The molecule has 27 heavy (non-hydrogen) atoms. The fourth-order valence-corrected chi connectivity index (χ4v) is 3.67. The second kappa shape index (κ2) is 7.09. The van der Waals surface area contributed by atoms with Crippen LogP contribution in [0.2, 0.25) is 0 Å². The molecule has 2 aromatic heterocycles. The average Bonchev–Trinajstić information content (AvgIpc) is 3.03. The molecular weight excluding hydrogens is 384 g/mol. The van der Waals surface area contributed by atoms with Crippen molar-refractivity contribution in [2.45, 2.75) is 6.92 Å². The first-order chi connectivity index (χ1) is 12.4. The molecule has 0 aliphatic carbocycles. The highest BCUT2D eigenvalue weighted by atomic mass is 35.5. The van der Waals surface area contributed by atoms with Crippen LogP contribution in [0.4, 0.5) is 17.1 Å². The molecule has 0 bridgehead atoms. The zero-order chi connectivity index (χ0) is 18.3. The summed E-state index contributed by atoms with van der Waals surface area (Å²) >= 11 is 0. The number of aryl methyl sites for hydroxylation is 1. The Morgan fingerprint density at radius 2 is 1.70 bits per heavy atom. The highest BCUT2D eigenvalue weighted by Crippen LogP contribution is 2.32. The lowest BCUT2D eigenvalue weighted by Crippen LogP contribution is -2.09. The highest BCUT2D eigenvalue weighted by Gasteiger charge is 2.09. The molecule has 0 amide bonds. The number of aromatic amines is 1. The van der Waals surface area contributed by atoms with Crippen LogP contribution < -0.4 is 10.0 Å². The Kier molecular flexibility index (Phi) is 4.99. The number of aromatic nitrogens is 2. The third-order valence-corrected chi connectivity index (χ3v) is 4.71. The Morgan fingerprint density at radius 3 is 2.41 bits per heavy atom. The number of hydrogen-bond acceptors (Lipinski definition) is 4. The summed E-state index contributed by atoms with van der Waals surface area (Å²) in [5, 5.41) is 5.59. The van der Waals surface area contributed by atoms with Crippen molar-refractivity contribution in [3.63, 3.8) is 0 Å². The Balaban J connectivity index is 0.00000210. The van der Waals surface area contributed by atoms with Gasteiger partial charge < -0.3 is 10.3 Å². The predicted octanol–water partition coefficient (Wildman–Crippen LogP) is 4.56. The van der Waals surface area contributed by atoms with Crippen LogP contribution in [-0.2, 0) is 10.0 Å². The molecule has 8 heteroatoms. The standard InChI is InChI=1S/C19H18N4O2S.ClH/c1-12-11-18(19-15-9-10-20-16(15)7-8-17(19)21-12)22-13-3-5-14(6-4-13)23-26(2,24)25;/h3-11,21-23H,1-2H3;1H. The number of rotatable bonds is 4. The van der Waals surface area contributed by atoms with E-state index in [1.165, 1.54) is 0 Å². The molecule has 0 fully saturated rings. The summed E-state index contributed by atoms with van der Waals surface area (Å²) in [5.74, 6) is 0. The number of halogens is 1. The first-order valence-corrected chi connectivity index (χ1v) is 10.0. The molecule has 140 valence electrons. The zero-order valence-electron chi connectivity index (χ0n) is 14.8. The number of nitrogens with zero attached hydrogens (tertiary/aromatic N) is 1. The summed E-state index contributed by atoms with van der Waals surface area (Å²) in [6.07, 6.45) is 2.94. The minimum absolute atomic E-state index is 0. The van der Waals surface area contributed by atoms with E-state index in [0.717, 1.165) is 45.1 Å². The fourth-order valence-electron chi connectivity index (χ4n) is 3.10. The number of nitrogens with one attached hydrogen (secondary N) is 3. The topological polar surface area (TPSA) is 86.9 Å². The van der Waals surface area contributed by atoms with Gasteiger partial charge in [-0.2, -0.15) is 0 Å². The fraction of sp³-hybridized carbons (Fsp3) is 0.105. The van der Waals surface area contributed by atoms with Gasteiger partial charge in [0.1, 0.15) is 0 Å². The lowest BCUT2D eigenvalue weighted by atomic mass is 10.1. The van der Waals surface area contributed by atoms with E-state index in [2.05, 4.69) is 26.1 Å². The minimum Gasteiger partial charge on any atom is -0.359 e. The molecule has 0 saturated carbocycles. The van der Waals surface area contributed by atoms with Crippen LogP contribution in [0.25, 0.3) is 21.8 Å². The van der Waals surface area contributed by atoms with E-state index >= 15 is 0 Å². The first kappa shape index (κ1) is 19.0. The lowest BCUT2D eigenvalue weighted by Gasteiger charge is -2.13. The van der Waals surface area contributed by atoms with Crippen molar-refractivity contribution in [2.24, 2.45) is 0 Å². The first-order valence-electron chi connectivity index (χ1n) is 8.11. The molecule has 0 atom stereocenters. The van der Waals surface area contributed by atoms with Crippen molar-refractivity contribution in [2.75, 3.05) is 16.3 Å². The Bertz CT molecular complexity index is 1220. The van der Waals surface area contributed by atoms with E-state index < -0.39 is 10.0 Å². The predicted molar refractivity (Wildman–Crippen MR) is 114 cm³/mol. The molecule has 0 spiro atoms. The van der Waals surface area contributed by atoms with Gasteiger partial charge in [0, 0.05) is 39.6 Å².